The van der Waals surface area contributed by atoms with Gasteiger partial charge in [-0.25, -0.2) is 9.82 Å². The Morgan fingerprint density at radius 3 is 2.60 bits per heavy atom. The SMILES string of the molecule is CCOc1cc(/C=N/NC(=O)c2ccccc2N)ccc1OCc1ccccc1F. The zero-order valence-electron chi connectivity index (χ0n) is 16.5. The largest absolute Gasteiger partial charge is 0.490 e. The third-order valence-corrected chi connectivity index (χ3v) is 4.19. The van der Waals surface area contributed by atoms with Crippen molar-refractivity contribution in [3.63, 3.8) is 0 Å². The summed E-state index contributed by atoms with van der Waals surface area (Å²) in [5.41, 5.74) is 10.1. The molecule has 3 rings (SSSR count). The van der Waals surface area contributed by atoms with Crippen LogP contribution in [0.1, 0.15) is 28.4 Å². The summed E-state index contributed by atoms with van der Waals surface area (Å²) < 4.78 is 25.1. The number of nitrogens with two attached hydrogens (primary N) is 1. The van der Waals surface area contributed by atoms with E-state index in [0.717, 1.165) is 0 Å². The van der Waals surface area contributed by atoms with Gasteiger partial charge in [-0.05, 0) is 48.9 Å². The number of carbonyl (C=O) groups is 1. The molecule has 0 aromatic heterocycles. The fraction of sp³-hybridized carbons (Fsp3) is 0.130. The summed E-state index contributed by atoms with van der Waals surface area (Å²) in [6, 6.07) is 18.4. The Hall–Kier alpha value is -3.87. The first-order valence-corrected chi connectivity index (χ1v) is 9.39. The molecule has 6 nitrogen and oxygen atoms in total. The zero-order valence-corrected chi connectivity index (χ0v) is 16.5. The van der Waals surface area contributed by atoms with Gasteiger partial charge in [0.1, 0.15) is 12.4 Å². The lowest BCUT2D eigenvalue weighted by Crippen LogP contribution is -2.19. The van der Waals surface area contributed by atoms with Crippen molar-refractivity contribution < 1.29 is 18.7 Å². The van der Waals surface area contributed by atoms with Crippen LogP contribution in [0.5, 0.6) is 11.5 Å². The fourth-order valence-electron chi connectivity index (χ4n) is 2.69. The lowest BCUT2D eigenvalue weighted by atomic mass is 10.2. The van der Waals surface area contributed by atoms with E-state index >= 15 is 0 Å². The number of hydrogen-bond donors (Lipinski definition) is 2. The van der Waals surface area contributed by atoms with E-state index in [4.69, 9.17) is 15.2 Å². The first kappa shape index (κ1) is 20.9. The summed E-state index contributed by atoms with van der Waals surface area (Å²) >= 11 is 0. The van der Waals surface area contributed by atoms with E-state index in [1.807, 2.05) is 6.92 Å². The van der Waals surface area contributed by atoms with Crippen LogP contribution in [0.4, 0.5) is 10.1 Å². The summed E-state index contributed by atoms with van der Waals surface area (Å²) in [6.07, 6.45) is 1.49. The van der Waals surface area contributed by atoms with Crippen LogP contribution in [-0.2, 0) is 6.61 Å². The van der Waals surface area contributed by atoms with Crippen molar-refractivity contribution in [2.45, 2.75) is 13.5 Å². The predicted molar refractivity (Wildman–Crippen MR) is 114 cm³/mol. The molecule has 0 heterocycles. The number of nitrogen functional groups attached to an aromatic ring is 1. The molecule has 0 aliphatic heterocycles. The van der Waals surface area contributed by atoms with Crippen LogP contribution in [-0.4, -0.2) is 18.7 Å². The molecule has 3 aromatic rings. The maximum atomic E-state index is 13.8. The first-order chi connectivity index (χ1) is 14.6. The van der Waals surface area contributed by atoms with Crippen molar-refractivity contribution in [1.82, 2.24) is 5.43 Å². The second-order valence-electron chi connectivity index (χ2n) is 6.31. The normalized spacial score (nSPS) is 10.7. The number of carbonyl (C=O) groups excluding carboxylic acids is 1. The minimum atomic E-state index is -0.403. The van der Waals surface area contributed by atoms with Crippen molar-refractivity contribution >= 4 is 17.8 Å². The van der Waals surface area contributed by atoms with Crippen LogP contribution in [0.25, 0.3) is 0 Å². The molecule has 7 heteroatoms. The molecule has 30 heavy (non-hydrogen) atoms. The Labute approximate surface area is 174 Å². The maximum absolute atomic E-state index is 13.8. The van der Waals surface area contributed by atoms with Gasteiger partial charge in [-0.15, -0.1) is 0 Å². The Morgan fingerprint density at radius 1 is 1.07 bits per heavy atom. The highest BCUT2D eigenvalue weighted by Crippen LogP contribution is 2.29. The lowest BCUT2D eigenvalue weighted by molar-refractivity contribution is 0.0956. The number of anilines is 1. The minimum Gasteiger partial charge on any atom is -0.490 e. The van der Waals surface area contributed by atoms with Gasteiger partial charge < -0.3 is 15.2 Å². The van der Waals surface area contributed by atoms with Gasteiger partial charge in [-0.2, -0.15) is 5.10 Å². The van der Waals surface area contributed by atoms with Crippen molar-refractivity contribution in [2.75, 3.05) is 12.3 Å². The second-order valence-corrected chi connectivity index (χ2v) is 6.31. The Balaban J connectivity index is 1.68. The highest BCUT2D eigenvalue weighted by molar-refractivity contribution is 5.99. The topological polar surface area (TPSA) is 85.9 Å². The van der Waals surface area contributed by atoms with Crippen molar-refractivity contribution in [2.24, 2.45) is 5.10 Å². The van der Waals surface area contributed by atoms with Crippen LogP contribution in [0.2, 0.25) is 0 Å². The number of hydrazone groups is 1. The Kier molecular flexibility index (Phi) is 7.00. The molecule has 0 fully saturated rings. The van der Waals surface area contributed by atoms with E-state index in [0.29, 0.717) is 40.5 Å². The van der Waals surface area contributed by atoms with E-state index in [2.05, 4.69) is 10.5 Å². The summed E-state index contributed by atoms with van der Waals surface area (Å²) in [7, 11) is 0. The molecule has 0 radical (unpaired) electrons. The number of ether oxygens (including phenoxy) is 2. The fourth-order valence-corrected chi connectivity index (χ4v) is 2.69. The Morgan fingerprint density at radius 2 is 1.83 bits per heavy atom. The molecule has 1 amide bonds. The molecule has 0 spiro atoms. The first-order valence-electron chi connectivity index (χ1n) is 9.39. The van der Waals surface area contributed by atoms with E-state index < -0.39 is 5.91 Å². The lowest BCUT2D eigenvalue weighted by Gasteiger charge is -2.13. The number of rotatable bonds is 8. The van der Waals surface area contributed by atoms with Gasteiger partial charge in [0.25, 0.3) is 5.91 Å². The number of hydrogen-bond acceptors (Lipinski definition) is 5. The van der Waals surface area contributed by atoms with Gasteiger partial charge in [0, 0.05) is 11.3 Å². The molecule has 0 saturated carbocycles. The molecule has 0 aliphatic rings. The van der Waals surface area contributed by atoms with Crippen LogP contribution in [0.3, 0.4) is 0 Å². The van der Waals surface area contributed by atoms with Gasteiger partial charge >= 0.3 is 0 Å². The number of halogens is 1. The quantitative estimate of drug-likeness (QED) is 0.334. The third kappa shape index (κ3) is 5.35. The van der Waals surface area contributed by atoms with Gasteiger partial charge in [-0.1, -0.05) is 30.3 Å². The average molecular weight is 407 g/mol. The van der Waals surface area contributed by atoms with Crippen LogP contribution in [0.15, 0.2) is 71.8 Å². The highest BCUT2D eigenvalue weighted by atomic mass is 19.1. The van der Waals surface area contributed by atoms with Crippen LogP contribution >= 0.6 is 0 Å². The van der Waals surface area contributed by atoms with E-state index in [-0.39, 0.29) is 12.4 Å². The van der Waals surface area contributed by atoms with Gasteiger partial charge in [-0.3, -0.25) is 4.79 Å². The standard InChI is InChI=1S/C23H22FN3O3/c1-2-29-22-13-16(14-26-27-23(28)18-8-4-6-10-20(18)25)11-12-21(22)30-15-17-7-3-5-9-19(17)24/h3-14H,2,15,25H2,1H3,(H,27,28)/b26-14+. The molecular weight excluding hydrogens is 385 g/mol. The summed E-state index contributed by atoms with van der Waals surface area (Å²) in [5, 5.41) is 3.97. The van der Waals surface area contributed by atoms with E-state index in [9.17, 15) is 9.18 Å². The van der Waals surface area contributed by atoms with Crippen LogP contribution in [0, 0.1) is 5.82 Å². The van der Waals surface area contributed by atoms with Crippen molar-refractivity contribution in [1.29, 1.82) is 0 Å². The molecule has 0 aliphatic carbocycles. The van der Waals surface area contributed by atoms with E-state index in [1.165, 1.54) is 12.3 Å². The molecule has 0 bridgehead atoms. The van der Waals surface area contributed by atoms with Crippen molar-refractivity contribution in [3.8, 4) is 11.5 Å². The minimum absolute atomic E-state index is 0.0781. The number of nitrogens with zero attached hydrogens (tertiary/aromatic N) is 1. The van der Waals surface area contributed by atoms with Crippen LogP contribution < -0.4 is 20.6 Å². The molecule has 3 aromatic carbocycles. The van der Waals surface area contributed by atoms with Crippen molar-refractivity contribution in [3.05, 3.63) is 89.2 Å². The average Bonchev–Trinajstić information content (AvgIpc) is 2.74. The molecule has 0 saturated heterocycles. The number of benzene rings is 3. The van der Waals surface area contributed by atoms with E-state index in [1.54, 1.807) is 60.7 Å². The van der Waals surface area contributed by atoms with Gasteiger partial charge in [0.05, 0.1) is 18.4 Å². The zero-order chi connectivity index (χ0) is 21.3. The molecule has 3 N–H and O–H groups in total. The smallest absolute Gasteiger partial charge is 0.273 e. The summed E-state index contributed by atoms with van der Waals surface area (Å²) in [4.78, 5) is 12.1. The van der Waals surface area contributed by atoms with Gasteiger partial charge in [0.2, 0.25) is 0 Å². The third-order valence-electron chi connectivity index (χ3n) is 4.19. The number of nitrogens with one attached hydrogen (secondary N) is 1. The summed E-state index contributed by atoms with van der Waals surface area (Å²) in [5.74, 6) is 0.253. The molecule has 0 unspecified atom stereocenters. The summed E-state index contributed by atoms with van der Waals surface area (Å²) in [6.45, 7) is 2.36. The second kappa shape index (κ2) is 10.1. The monoisotopic (exact) mass is 407 g/mol. The Bertz CT molecular complexity index is 1050. The predicted octanol–water partition coefficient (Wildman–Crippen LogP) is 4.15. The highest BCUT2D eigenvalue weighted by Gasteiger charge is 2.09. The molecular formula is C23H22FN3O3. The number of para-hydroxylation sites is 1. The van der Waals surface area contributed by atoms with Gasteiger partial charge in [0.15, 0.2) is 11.5 Å². The molecule has 0 atom stereocenters. The number of amides is 1. The maximum Gasteiger partial charge on any atom is 0.273 e. The molecule has 154 valence electrons.